The van der Waals surface area contributed by atoms with Crippen LogP contribution in [0.25, 0.3) is 0 Å². The number of non-ortho nitro benzene ring substituents is 1. The molecule has 1 heterocycles. The number of hydrogen-bond donors (Lipinski definition) is 1. The number of nitro benzene ring substituents is 1. The summed E-state index contributed by atoms with van der Waals surface area (Å²) in [6.45, 7) is 4.10. The zero-order valence-electron chi connectivity index (χ0n) is 13.8. The number of hydrogen-bond acceptors (Lipinski definition) is 3. The maximum absolute atomic E-state index is 11.2. The molecule has 4 heteroatoms. The van der Waals surface area contributed by atoms with Crippen LogP contribution in [0.15, 0.2) is 48.6 Å². The van der Waals surface area contributed by atoms with E-state index in [-0.39, 0.29) is 22.6 Å². The molecule has 0 aromatic heterocycles. The van der Waals surface area contributed by atoms with Crippen molar-refractivity contribution in [3.8, 4) is 0 Å². The number of nitrogens with zero attached hydrogens (tertiary/aromatic N) is 1. The number of nitro groups is 1. The molecule has 4 nitrogen and oxygen atoms in total. The highest BCUT2D eigenvalue weighted by molar-refractivity contribution is 5.67. The Morgan fingerprint density at radius 3 is 2.67 bits per heavy atom. The summed E-state index contributed by atoms with van der Waals surface area (Å²) < 4.78 is 0. The Bertz CT molecular complexity index is 857. The van der Waals surface area contributed by atoms with Gasteiger partial charge >= 0.3 is 0 Å². The molecule has 2 aromatic carbocycles. The summed E-state index contributed by atoms with van der Waals surface area (Å²) in [6.07, 6.45) is 5.43. The molecule has 3 unspecified atom stereocenters. The van der Waals surface area contributed by atoms with Gasteiger partial charge in [0.25, 0.3) is 5.69 Å². The molecule has 0 amide bonds. The van der Waals surface area contributed by atoms with Crippen LogP contribution < -0.4 is 5.32 Å². The molecule has 0 saturated heterocycles. The first-order valence-corrected chi connectivity index (χ1v) is 8.34. The fourth-order valence-electron chi connectivity index (χ4n) is 4.22. The van der Waals surface area contributed by atoms with Gasteiger partial charge in [-0.2, -0.15) is 0 Å². The number of benzene rings is 2. The Labute approximate surface area is 141 Å². The van der Waals surface area contributed by atoms with Crippen LogP contribution in [-0.4, -0.2) is 4.92 Å². The van der Waals surface area contributed by atoms with Crippen LogP contribution in [-0.2, 0) is 0 Å². The topological polar surface area (TPSA) is 55.2 Å². The van der Waals surface area contributed by atoms with Crippen molar-refractivity contribution in [2.45, 2.75) is 32.2 Å². The molecule has 1 aliphatic carbocycles. The molecule has 0 fully saturated rings. The number of fused-ring (bicyclic) bond motifs is 3. The van der Waals surface area contributed by atoms with Gasteiger partial charge in [0.15, 0.2) is 0 Å². The minimum Gasteiger partial charge on any atom is -0.377 e. The first kappa shape index (κ1) is 14.9. The van der Waals surface area contributed by atoms with Gasteiger partial charge in [-0.25, -0.2) is 0 Å². The maximum atomic E-state index is 11.2. The van der Waals surface area contributed by atoms with Gasteiger partial charge in [-0.3, -0.25) is 10.1 Å². The van der Waals surface area contributed by atoms with Gasteiger partial charge in [-0.1, -0.05) is 36.4 Å². The highest BCUT2D eigenvalue weighted by Gasteiger charge is 2.39. The van der Waals surface area contributed by atoms with E-state index in [9.17, 15) is 10.1 Å². The molecule has 2 aromatic rings. The summed E-state index contributed by atoms with van der Waals surface area (Å²) in [5, 5.41) is 14.9. The van der Waals surface area contributed by atoms with Crippen molar-refractivity contribution in [3.05, 3.63) is 80.9 Å². The van der Waals surface area contributed by atoms with Crippen molar-refractivity contribution in [2.24, 2.45) is 5.92 Å². The zero-order valence-corrected chi connectivity index (χ0v) is 13.8. The first-order valence-electron chi connectivity index (χ1n) is 8.34. The fourth-order valence-corrected chi connectivity index (χ4v) is 4.22. The van der Waals surface area contributed by atoms with Crippen molar-refractivity contribution >= 4 is 11.4 Å². The van der Waals surface area contributed by atoms with E-state index >= 15 is 0 Å². The van der Waals surface area contributed by atoms with E-state index in [1.54, 1.807) is 12.1 Å². The van der Waals surface area contributed by atoms with E-state index in [4.69, 9.17) is 0 Å². The number of anilines is 1. The smallest absolute Gasteiger partial charge is 0.270 e. The molecule has 3 atom stereocenters. The lowest BCUT2D eigenvalue weighted by Crippen LogP contribution is -2.30. The Hall–Kier alpha value is -2.62. The van der Waals surface area contributed by atoms with Crippen LogP contribution in [0.2, 0.25) is 0 Å². The molecular formula is C20H20N2O2. The van der Waals surface area contributed by atoms with E-state index in [0.29, 0.717) is 5.92 Å². The quantitative estimate of drug-likeness (QED) is 0.479. The molecule has 0 saturated carbocycles. The Kier molecular flexibility index (Phi) is 3.41. The van der Waals surface area contributed by atoms with Gasteiger partial charge in [-0.05, 0) is 48.4 Å². The normalized spacial score (nSPS) is 24.2. The zero-order chi connectivity index (χ0) is 16.8. The summed E-state index contributed by atoms with van der Waals surface area (Å²) in [7, 11) is 0. The molecule has 0 bridgehead atoms. The minimum atomic E-state index is -0.297. The van der Waals surface area contributed by atoms with Gasteiger partial charge in [0, 0.05) is 23.7 Å². The largest absolute Gasteiger partial charge is 0.377 e. The SMILES string of the molecule is Cc1ccccc1C1Nc2c(C)cc([N+](=O)[O-])cc2C2C=CCC21. The summed E-state index contributed by atoms with van der Waals surface area (Å²) in [5.74, 6) is 0.643. The van der Waals surface area contributed by atoms with Crippen molar-refractivity contribution < 1.29 is 4.92 Å². The van der Waals surface area contributed by atoms with Gasteiger partial charge in [-0.15, -0.1) is 0 Å². The van der Waals surface area contributed by atoms with Crippen molar-refractivity contribution in [2.75, 3.05) is 5.32 Å². The van der Waals surface area contributed by atoms with E-state index in [0.717, 1.165) is 23.2 Å². The highest BCUT2D eigenvalue weighted by atomic mass is 16.6. The Morgan fingerprint density at radius 2 is 1.92 bits per heavy atom. The molecular weight excluding hydrogens is 300 g/mol. The standard InChI is InChI=1S/C20H20N2O2/c1-12-6-3-4-7-15(12)20-17-9-5-8-16(17)18-11-14(22(23)24)10-13(2)19(18)21-20/h3-8,10-11,16-17,20-21H,9H2,1-2H3. The highest BCUT2D eigenvalue weighted by Crippen LogP contribution is 2.51. The lowest BCUT2D eigenvalue weighted by Gasteiger charge is -2.38. The molecule has 1 N–H and O–H groups in total. The van der Waals surface area contributed by atoms with Gasteiger partial charge in [0.2, 0.25) is 0 Å². The van der Waals surface area contributed by atoms with E-state index in [1.165, 1.54) is 11.1 Å². The second-order valence-corrected chi connectivity index (χ2v) is 6.82. The molecule has 0 radical (unpaired) electrons. The third-order valence-corrected chi connectivity index (χ3v) is 5.39. The number of rotatable bonds is 2. The van der Waals surface area contributed by atoms with Gasteiger partial charge in [0.05, 0.1) is 11.0 Å². The molecule has 1 aliphatic heterocycles. The third-order valence-electron chi connectivity index (χ3n) is 5.39. The van der Waals surface area contributed by atoms with Crippen LogP contribution in [0.5, 0.6) is 0 Å². The van der Waals surface area contributed by atoms with Crippen molar-refractivity contribution in [3.63, 3.8) is 0 Å². The predicted molar refractivity (Wildman–Crippen MR) is 95.4 cm³/mol. The summed E-state index contributed by atoms with van der Waals surface area (Å²) in [5.41, 5.74) is 5.84. The van der Waals surface area contributed by atoms with E-state index < -0.39 is 0 Å². The second-order valence-electron chi connectivity index (χ2n) is 6.82. The summed E-state index contributed by atoms with van der Waals surface area (Å²) >= 11 is 0. The molecule has 24 heavy (non-hydrogen) atoms. The molecule has 4 rings (SSSR count). The molecule has 2 aliphatic rings. The van der Waals surface area contributed by atoms with Gasteiger partial charge < -0.3 is 5.32 Å². The van der Waals surface area contributed by atoms with Crippen LogP contribution in [0, 0.1) is 29.9 Å². The predicted octanol–water partition coefficient (Wildman–Crippen LogP) is 5.04. The average molecular weight is 320 g/mol. The molecule has 122 valence electrons. The lowest BCUT2D eigenvalue weighted by molar-refractivity contribution is -0.385. The van der Waals surface area contributed by atoms with Crippen LogP contribution >= 0.6 is 0 Å². The van der Waals surface area contributed by atoms with Crippen LogP contribution in [0.3, 0.4) is 0 Å². The van der Waals surface area contributed by atoms with Gasteiger partial charge in [0.1, 0.15) is 0 Å². The number of nitrogens with one attached hydrogen (secondary N) is 1. The first-order chi connectivity index (χ1) is 11.6. The third kappa shape index (κ3) is 2.21. The van der Waals surface area contributed by atoms with E-state index in [2.05, 4.69) is 48.7 Å². The second kappa shape index (κ2) is 5.48. The maximum Gasteiger partial charge on any atom is 0.270 e. The molecule has 0 spiro atoms. The number of allylic oxidation sites excluding steroid dienone is 2. The van der Waals surface area contributed by atoms with Crippen molar-refractivity contribution in [1.29, 1.82) is 0 Å². The van der Waals surface area contributed by atoms with Crippen LogP contribution in [0.1, 0.15) is 40.6 Å². The Morgan fingerprint density at radius 1 is 1.12 bits per heavy atom. The fraction of sp³-hybridized carbons (Fsp3) is 0.300. The van der Waals surface area contributed by atoms with Crippen LogP contribution in [0.4, 0.5) is 11.4 Å². The number of aryl methyl sites for hydroxylation is 2. The Balaban J connectivity index is 1.85. The van der Waals surface area contributed by atoms with E-state index in [1.807, 2.05) is 6.92 Å². The minimum absolute atomic E-state index is 0.182. The average Bonchev–Trinajstić information content (AvgIpc) is 3.05. The summed E-state index contributed by atoms with van der Waals surface area (Å²) in [6, 6.07) is 12.1. The monoisotopic (exact) mass is 320 g/mol. The van der Waals surface area contributed by atoms with Crippen molar-refractivity contribution in [1.82, 2.24) is 0 Å². The summed E-state index contributed by atoms with van der Waals surface area (Å²) in [4.78, 5) is 10.9. The lowest BCUT2D eigenvalue weighted by atomic mass is 9.75.